The molecule has 490 valence electrons. The first-order valence-corrected chi connectivity index (χ1v) is 32.4. The molecule has 90 heavy (non-hydrogen) atoms. The predicted molar refractivity (Wildman–Crippen MR) is 369 cm³/mol. The van der Waals surface area contributed by atoms with Gasteiger partial charge in [0, 0.05) is 75.5 Å². The third-order valence-corrected chi connectivity index (χ3v) is 16.8. The summed E-state index contributed by atoms with van der Waals surface area (Å²) in [5.74, 6) is -2.35. The van der Waals surface area contributed by atoms with E-state index in [-0.39, 0.29) is 59.9 Å². The number of aliphatic hydroxyl groups is 2. The third kappa shape index (κ3) is 28.5. The average molecular weight is 1230 g/mol. The Bertz CT molecular complexity index is 2820. The van der Waals surface area contributed by atoms with Crippen LogP contribution < -0.4 is 0 Å². The molecule has 2 atom stereocenters. The summed E-state index contributed by atoms with van der Waals surface area (Å²) >= 11 is 0. The number of aliphatic hydroxyl groups excluding tert-OH is 2. The van der Waals surface area contributed by atoms with E-state index >= 15 is 0 Å². The van der Waals surface area contributed by atoms with Crippen molar-refractivity contribution >= 4 is 23.9 Å². The summed E-state index contributed by atoms with van der Waals surface area (Å²) in [6, 6.07) is 0. The second kappa shape index (κ2) is 39.3. The predicted octanol–water partition coefficient (Wildman–Crippen LogP) is 15.6. The molecule has 4 aliphatic rings. The Balaban J connectivity index is 1.40. The van der Waals surface area contributed by atoms with Gasteiger partial charge in [0.05, 0.1) is 12.8 Å². The highest BCUT2D eigenvalue weighted by Gasteiger charge is 2.35. The molecule has 12 heteroatoms. The summed E-state index contributed by atoms with van der Waals surface area (Å²) in [6.45, 7) is 31.7. The lowest BCUT2D eigenvalue weighted by Crippen LogP contribution is -2.49. The lowest BCUT2D eigenvalue weighted by molar-refractivity contribution is -0.182. The summed E-state index contributed by atoms with van der Waals surface area (Å²) in [4.78, 5) is 58.0. The van der Waals surface area contributed by atoms with Crippen molar-refractivity contribution in [3.05, 3.63) is 213 Å². The van der Waals surface area contributed by atoms with E-state index in [2.05, 4.69) is 130 Å². The van der Waals surface area contributed by atoms with Gasteiger partial charge >= 0.3 is 23.9 Å². The van der Waals surface area contributed by atoms with Crippen molar-refractivity contribution in [3.63, 3.8) is 0 Å². The largest absolute Gasteiger partial charge is 0.458 e. The van der Waals surface area contributed by atoms with Gasteiger partial charge in [-0.1, -0.05) is 218 Å². The Hall–Kier alpha value is -6.96. The topological polar surface area (TPSA) is 152 Å². The Kier molecular flexibility index (Phi) is 33.0. The fourth-order valence-electron chi connectivity index (χ4n) is 11.0. The molecule has 0 aromatic rings. The van der Waals surface area contributed by atoms with Crippen molar-refractivity contribution in [3.8, 4) is 0 Å². The Morgan fingerprint density at radius 3 is 1.08 bits per heavy atom. The molecule has 2 N–H and O–H groups in total. The Labute approximate surface area is 541 Å². The zero-order valence-corrected chi connectivity index (χ0v) is 56.9. The van der Waals surface area contributed by atoms with Crippen LogP contribution in [-0.2, 0) is 38.1 Å². The SMILES string of the molecule is CC(C=CC=C(C)C=CC1=C(C)CCCC1(C)C)=CC=CC=C(C)C=CC=C(C)C(=O)OC[C@H](OC(=O)CCN1CC(CO)C1)[C@@H](COC(=O)\C(C)=C/C=C/C(C)=C/C=C/C=C(C)/C=C/C=C(C)/C=C/C1=C(C)CCCC1(C)C)OC(=O)CCN1CC(CO)C1. The van der Waals surface area contributed by atoms with Crippen LogP contribution in [0.1, 0.15) is 148 Å². The highest BCUT2D eigenvalue weighted by Crippen LogP contribution is 2.42. The van der Waals surface area contributed by atoms with Crippen LogP contribution in [0.5, 0.6) is 0 Å². The lowest BCUT2D eigenvalue weighted by atomic mass is 9.72. The van der Waals surface area contributed by atoms with Crippen LogP contribution in [0.25, 0.3) is 0 Å². The van der Waals surface area contributed by atoms with E-state index in [0.29, 0.717) is 39.3 Å². The summed E-state index contributed by atoms with van der Waals surface area (Å²) in [5, 5.41) is 19.0. The van der Waals surface area contributed by atoms with Gasteiger partial charge < -0.3 is 39.0 Å². The Morgan fingerprint density at radius 1 is 0.467 bits per heavy atom. The van der Waals surface area contributed by atoms with Crippen LogP contribution in [0.3, 0.4) is 0 Å². The van der Waals surface area contributed by atoms with Crippen LogP contribution >= 0.6 is 0 Å². The van der Waals surface area contributed by atoms with Gasteiger partial charge in [-0.15, -0.1) is 0 Å². The van der Waals surface area contributed by atoms with Crippen LogP contribution in [-0.4, -0.2) is 122 Å². The van der Waals surface area contributed by atoms with E-state index in [4.69, 9.17) is 18.9 Å². The molecule has 2 aliphatic carbocycles. The Morgan fingerprint density at radius 2 is 0.767 bits per heavy atom. The molecule has 2 fully saturated rings. The molecular weight excluding hydrogens is 1120 g/mol. The molecule has 2 aliphatic heterocycles. The molecule has 0 amide bonds. The van der Waals surface area contributed by atoms with Crippen LogP contribution in [0, 0.1) is 22.7 Å². The number of carbonyl (C=O) groups excluding carboxylic acids is 4. The fourth-order valence-corrected chi connectivity index (χ4v) is 11.0. The number of rotatable bonds is 33. The van der Waals surface area contributed by atoms with Gasteiger partial charge in [0.25, 0.3) is 0 Å². The maximum Gasteiger partial charge on any atom is 0.333 e. The molecule has 2 heterocycles. The van der Waals surface area contributed by atoms with Crippen LogP contribution in [0.2, 0.25) is 0 Å². The minimum absolute atomic E-state index is 0.0191. The van der Waals surface area contributed by atoms with Crippen LogP contribution in [0.4, 0.5) is 0 Å². The second-order valence-electron chi connectivity index (χ2n) is 26.3. The van der Waals surface area contributed by atoms with Crippen molar-refractivity contribution < 1.29 is 48.3 Å². The summed E-state index contributed by atoms with van der Waals surface area (Å²) in [7, 11) is 0. The van der Waals surface area contributed by atoms with Crippen molar-refractivity contribution in [1.29, 1.82) is 0 Å². The smallest absolute Gasteiger partial charge is 0.333 e. The van der Waals surface area contributed by atoms with Gasteiger partial charge in [0.1, 0.15) is 13.2 Å². The van der Waals surface area contributed by atoms with E-state index in [1.165, 1.54) is 72.0 Å². The molecule has 12 nitrogen and oxygen atoms in total. The molecule has 0 unspecified atom stereocenters. The first-order valence-electron chi connectivity index (χ1n) is 32.4. The molecule has 0 radical (unpaired) electrons. The first-order chi connectivity index (χ1) is 42.8. The van der Waals surface area contributed by atoms with Gasteiger partial charge in [0.2, 0.25) is 0 Å². The minimum atomic E-state index is -1.34. The van der Waals surface area contributed by atoms with Crippen molar-refractivity contribution in [1.82, 2.24) is 9.80 Å². The molecule has 0 spiro atoms. The van der Waals surface area contributed by atoms with E-state index in [1.807, 2.05) is 84.4 Å². The second-order valence-corrected chi connectivity index (χ2v) is 26.3. The first kappa shape index (κ1) is 75.5. The number of nitrogens with zero attached hydrogens (tertiary/aromatic N) is 2. The average Bonchev–Trinajstić information content (AvgIpc) is 1.97. The molecular formula is C78H108N2O10. The number of allylic oxidation sites excluding steroid dienone is 34. The van der Waals surface area contributed by atoms with Gasteiger partial charge in [-0.2, -0.15) is 0 Å². The van der Waals surface area contributed by atoms with Gasteiger partial charge in [-0.25, -0.2) is 9.59 Å². The maximum absolute atomic E-state index is 13.5. The maximum atomic E-state index is 13.5. The summed E-state index contributed by atoms with van der Waals surface area (Å²) in [5.41, 5.74) is 13.3. The molecule has 2 saturated heterocycles. The van der Waals surface area contributed by atoms with Crippen LogP contribution in [0.15, 0.2) is 213 Å². The highest BCUT2D eigenvalue weighted by molar-refractivity contribution is 5.88. The molecule has 0 saturated carbocycles. The molecule has 0 bridgehead atoms. The lowest BCUT2D eigenvalue weighted by Gasteiger charge is -2.38. The zero-order chi connectivity index (χ0) is 66.2. The van der Waals surface area contributed by atoms with E-state index in [1.54, 1.807) is 38.2 Å². The van der Waals surface area contributed by atoms with Gasteiger partial charge in [0.15, 0.2) is 12.2 Å². The number of hydrogen-bond acceptors (Lipinski definition) is 12. The normalized spacial score (nSPS) is 20.3. The number of carbonyl (C=O) groups is 4. The monoisotopic (exact) mass is 1230 g/mol. The third-order valence-electron chi connectivity index (χ3n) is 16.8. The van der Waals surface area contributed by atoms with E-state index < -0.39 is 49.3 Å². The standard InChI is InChI=1S/C78H108N2O10/c1-57(29-19-31-61(5)39-41-69-63(7)37-23-45-77(69,11)12)25-15-17-27-59(3)33-21-35-65(9)75(85)87-55-71(89-73(83)43-47-79-49-67(50-79)53-81)72(90-74(84)44-48-80-51-68(52-80)54-82)56-88-76(86)66(10)36-22-34-60(4)28-18-16-26-58(2)30-20-32-62(6)40-42-70-64(8)38-24-46-78(70,13)14/h15-22,25-36,39-42,67-68,71-72,81-82H,23-24,37-38,43-56H2,1-14H3/b17-15+,18-16?,29-19+,30-20?,33-21+,34-22?,41-39+,42-40?,57-25+,58-26?,59-27+,60-28?,61-31+,62-32?,65-35-,66-36?/t71-,72+/m1/s1. The number of ether oxygens (including phenoxy) is 4. The fraction of sp³-hybridized carbons (Fsp3) is 0.487. The van der Waals surface area contributed by atoms with Crippen molar-refractivity contribution in [2.75, 3.05) is 65.7 Å². The summed E-state index contributed by atoms with van der Waals surface area (Å²) < 4.78 is 23.3. The molecule has 0 aromatic carbocycles. The van der Waals surface area contributed by atoms with E-state index in [9.17, 15) is 29.4 Å². The zero-order valence-electron chi connectivity index (χ0n) is 56.9. The van der Waals surface area contributed by atoms with Crippen molar-refractivity contribution in [2.24, 2.45) is 22.7 Å². The number of esters is 4. The minimum Gasteiger partial charge on any atom is -0.458 e. The highest BCUT2D eigenvalue weighted by atomic mass is 16.6. The van der Waals surface area contributed by atoms with Gasteiger partial charge in [-0.05, 0) is 130 Å². The van der Waals surface area contributed by atoms with E-state index in [0.717, 1.165) is 22.3 Å². The molecule has 0 aromatic heterocycles. The quantitative estimate of drug-likeness (QED) is 0.0278. The number of likely N-dealkylation sites (tertiary alicyclic amines) is 2. The number of hydrogen-bond donors (Lipinski definition) is 2. The summed E-state index contributed by atoms with van der Waals surface area (Å²) in [6.07, 6.45) is 52.4. The van der Waals surface area contributed by atoms with Crippen molar-refractivity contribution in [2.45, 2.75) is 161 Å². The van der Waals surface area contributed by atoms with Gasteiger partial charge in [-0.3, -0.25) is 9.59 Å². The molecule has 4 rings (SSSR count).